The SMILES string of the molecule is C=C(C)c1cccc([Si](C)N(CCCC)CCCC)c1. The van der Waals surface area contributed by atoms with Gasteiger partial charge < -0.3 is 4.57 Å². The van der Waals surface area contributed by atoms with Gasteiger partial charge in [0.25, 0.3) is 0 Å². The van der Waals surface area contributed by atoms with E-state index in [1.807, 2.05) is 0 Å². The van der Waals surface area contributed by atoms with E-state index < -0.39 is 8.96 Å². The summed E-state index contributed by atoms with van der Waals surface area (Å²) in [4.78, 5) is 0. The van der Waals surface area contributed by atoms with Gasteiger partial charge in [-0.15, -0.1) is 0 Å². The molecular formula is C18H30NSi. The Hall–Kier alpha value is -0.863. The zero-order chi connectivity index (χ0) is 15.0. The van der Waals surface area contributed by atoms with Crippen LogP contribution in [0.4, 0.5) is 0 Å². The van der Waals surface area contributed by atoms with Gasteiger partial charge >= 0.3 is 0 Å². The van der Waals surface area contributed by atoms with E-state index in [4.69, 9.17) is 0 Å². The molecular weight excluding hydrogens is 258 g/mol. The van der Waals surface area contributed by atoms with Crippen LogP contribution >= 0.6 is 0 Å². The lowest BCUT2D eigenvalue weighted by atomic mass is 10.1. The van der Waals surface area contributed by atoms with Gasteiger partial charge in [-0.25, -0.2) is 0 Å². The molecule has 0 aliphatic carbocycles. The minimum absolute atomic E-state index is 0.613. The smallest absolute Gasteiger partial charge is 0.169 e. The highest BCUT2D eigenvalue weighted by molar-refractivity contribution is 6.69. The third-order valence-corrected chi connectivity index (χ3v) is 6.35. The summed E-state index contributed by atoms with van der Waals surface area (Å²) in [5.74, 6) is 0. The summed E-state index contributed by atoms with van der Waals surface area (Å²) in [7, 11) is -0.613. The summed E-state index contributed by atoms with van der Waals surface area (Å²) in [5.41, 5.74) is 2.45. The lowest BCUT2D eigenvalue weighted by Crippen LogP contribution is -2.47. The van der Waals surface area contributed by atoms with Crippen LogP contribution in [-0.4, -0.2) is 26.6 Å². The first kappa shape index (κ1) is 17.2. The molecule has 1 nitrogen and oxygen atoms in total. The first-order chi connectivity index (χ1) is 9.60. The molecule has 0 fully saturated rings. The van der Waals surface area contributed by atoms with Crippen molar-refractivity contribution < 1.29 is 0 Å². The van der Waals surface area contributed by atoms with Gasteiger partial charge in [-0.3, -0.25) is 0 Å². The molecule has 1 rings (SSSR count). The molecule has 0 heterocycles. The van der Waals surface area contributed by atoms with Crippen molar-refractivity contribution in [1.29, 1.82) is 0 Å². The second-order valence-corrected chi connectivity index (χ2v) is 8.02. The molecule has 20 heavy (non-hydrogen) atoms. The normalized spacial score (nSPS) is 11.3. The minimum atomic E-state index is -0.613. The van der Waals surface area contributed by atoms with Gasteiger partial charge in [0.2, 0.25) is 0 Å². The lowest BCUT2D eigenvalue weighted by Gasteiger charge is -2.28. The van der Waals surface area contributed by atoms with E-state index in [-0.39, 0.29) is 0 Å². The molecule has 111 valence electrons. The van der Waals surface area contributed by atoms with Crippen molar-refractivity contribution in [2.75, 3.05) is 13.1 Å². The standard InChI is InChI=1S/C18H30NSi/c1-6-8-13-19(14-9-7-2)20(5)18-12-10-11-17(15-18)16(3)4/h10-12,15H,3,6-9,13-14H2,1-2,4-5H3. The van der Waals surface area contributed by atoms with Crippen LogP contribution in [0.1, 0.15) is 52.0 Å². The van der Waals surface area contributed by atoms with Crippen molar-refractivity contribution in [3.8, 4) is 0 Å². The van der Waals surface area contributed by atoms with Gasteiger partial charge in [-0.1, -0.05) is 69.7 Å². The Bertz CT molecular complexity index is 406. The fourth-order valence-corrected chi connectivity index (χ4v) is 4.39. The molecule has 0 aromatic heterocycles. The van der Waals surface area contributed by atoms with Crippen molar-refractivity contribution in [1.82, 2.24) is 4.57 Å². The van der Waals surface area contributed by atoms with Crippen LogP contribution in [0.5, 0.6) is 0 Å². The average Bonchev–Trinajstić information content (AvgIpc) is 2.47. The molecule has 0 spiro atoms. The Balaban J connectivity index is 2.83. The molecule has 0 saturated heterocycles. The number of allylic oxidation sites excluding steroid dienone is 1. The van der Waals surface area contributed by atoms with Gasteiger partial charge in [-0.2, -0.15) is 0 Å². The number of hydrogen-bond acceptors (Lipinski definition) is 1. The van der Waals surface area contributed by atoms with Gasteiger partial charge in [0.15, 0.2) is 8.96 Å². The number of hydrogen-bond donors (Lipinski definition) is 0. The maximum Gasteiger partial charge on any atom is 0.169 e. The third kappa shape index (κ3) is 5.26. The first-order valence-electron chi connectivity index (χ1n) is 7.95. The number of rotatable bonds is 9. The molecule has 1 radical (unpaired) electrons. The molecule has 2 heteroatoms. The monoisotopic (exact) mass is 288 g/mol. The molecule has 0 atom stereocenters. The summed E-state index contributed by atoms with van der Waals surface area (Å²) < 4.78 is 2.73. The first-order valence-corrected chi connectivity index (χ1v) is 9.89. The Morgan fingerprint density at radius 2 is 1.75 bits per heavy atom. The topological polar surface area (TPSA) is 3.24 Å². The zero-order valence-electron chi connectivity index (χ0n) is 13.7. The van der Waals surface area contributed by atoms with E-state index >= 15 is 0 Å². The van der Waals surface area contributed by atoms with Gasteiger partial charge in [-0.05, 0) is 43.6 Å². The summed E-state index contributed by atoms with van der Waals surface area (Å²) in [5, 5.41) is 1.52. The van der Waals surface area contributed by atoms with E-state index in [2.05, 4.69) is 62.7 Å². The van der Waals surface area contributed by atoms with E-state index in [9.17, 15) is 0 Å². The van der Waals surface area contributed by atoms with E-state index in [0.717, 1.165) is 5.57 Å². The zero-order valence-corrected chi connectivity index (χ0v) is 14.7. The highest BCUT2D eigenvalue weighted by Gasteiger charge is 2.17. The van der Waals surface area contributed by atoms with Crippen LogP contribution < -0.4 is 5.19 Å². The largest absolute Gasteiger partial charge is 0.321 e. The second kappa shape index (κ2) is 9.14. The fraction of sp³-hybridized carbons (Fsp3) is 0.556. The highest BCUT2D eigenvalue weighted by atomic mass is 28.3. The van der Waals surface area contributed by atoms with E-state index in [1.165, 1.54) is 49.5 Å². The Kier molecular flexibility index (Phi) is 7.86. The number of benzene rings is 1. The van der Waals surface area contributed by atoms with Crippen LogP contribution in [0.15, 0.2) is 30.8 Å². The van der Waals surface area contributed by atoms with Crippen LogP contribution in [0.25, 0.3) is 5.57 Å². The summed E-state index contributed by atoms with van der Waals surface area (Å²) >= 11 is 0. The van der Waals surface area contributed by atoms with Gasteiger partial charge in [0.1, 0.15) is 0 Å². The quantitative estimate of drug-likeness (QED) is 0.607. The molecule has 0 bridgehead atoms. The van der Waals surface area contributed by atoms with Crippen molar-refractivity contribution in [2.45, 2.75) is 53.0 Å². The summed E-state index contributed by atoms with van der Waals surface area (Å²) in [6, 6.07) is 9.00. The maximum atomic E-state index is 4.07. The van der Waals surface area contributed by atoms with Gasteiger partial charge in [0.05, 0.1) is 0 Å². The van der Waals surface area contributed by atoms with Crippen LogP contribution in [0.3, 0.4) is 0 Å². The van der Waals surface area contributed by atoms with Crippen LogP contribution in [-0.2, 0) is 0 Å². The third-order valence-electron chi connectivity index (χ3n) is 3.81. The van der Waals surface area contributed by atoms with Crippen molar-refractivity contribution in [3.63, 3.8) is 0 Å². The van der Waals surface area contributed by atoms with E-state index in [0.29, 0.717) is 0 Å². The summed E-state index contributed by atoms with van der Waals surface area (Å²) in [6.07, 6.45) is 5.19. The minimum Gasteiger partial charge on any atom is -0.321 e. The molecule has 1 aromatic carbocycles. The molecule has 1 aromatic rings. The van der Waals surface area contributed by atoms with Crippen molar-refractivity contribution in [3.05, 3.63) is 36.4 Å². The van der Waals surface area contributed by atoms with E-state index in [1.54, 1.807) is 0 Å². The van der Waals surface area contributed by atoms with Crippen molar-refractivity contribution >= 4 is 19.7 Å². The molecule has 0 saturated carbocycles. The number of unbranched alkanes of at least 4 members (excludes halogenated alkanes) is 2. The lowest BCUT2D eigenvalue weighted by molar-refractivity contribution is 0.415. The fourth-order valence-electron chi connectivity index (χ4n) is 2.34. The second-order valence-electron chi connectivity index (χ2n) is 5.64. The van der Waals surface area contributed by atoms with Crippen LogP contribution in [0, 0.1) is 0 Å². The Labute approximate surface area is 127 Å². The highest BCUT2D eigenvalue weighted by Crippen LogP contribution is 2.10. The molecule has 0 unspecified atom stereocenters. The van der Waals surface area contributed by atoms with Gasteiger partial charge in [0, 0.05) is 0 Å². The maximum absolute atomic E-state index is 4.07. The number of nitrogens with zero attached hydrogens (tertiary/aromatic N) is 1. The van der Waals surface area contributed by atoms with Crippen molar-refractivity contribution in [2.24, 2.45) is 0 Å². The molecule has 0 aliphatic rings. The predicted molar refractivity (Wildman–Crippen MR) is 93.8 cm³/mol. The molecule has 0 N–H and O–H groups in total. The molecule has 0 amide bonds. The predicted octanol–water partition coefficient (Wildman–Crippen LogP) is 4.45. The Morgan fingerprint density at radius 3 is 2.25 bits per heavy atom. The van der Waals surface area contributed by atoms with Crippen LogP contribution in [0.2, 0.25) is 6.55 Å². The average molecular weight is 289 g/mol. The Morgan fingerprint density at radius 1 is 1.15 bits per heavy atom. The summed E-state index contributed by atoms with van der Waals surface area (Å²) in [6.45, 7) is 15.7. The molecule has 0 aliphatic heterocycles.